The zero-order valence-electron chi connectivity index (χ0n) is 15.5. The lowest BCUT2D eigenvalue weighted by molar-refractivity contribution is 0.0730. The summed E-state index contributed by atoms with van der Waals surface area (Å²) in [6.45, 7) is 8.01. The van der Waals surface area contributed by atoms with Crippen molar-refractivity contribution in [2.45, 2.75) is 31.7 Å². The largest absolute Gasteiger partial charge is 0.379 e. The number of hydrogen-bond acceptors (Lipinski definition) is 4. The van der Waals surface area contributed by atoms with Gasteiger partial charge in [-0.05, 0) is 43.5 Å². The quantitative estimate of drug-likeness (QED) is 0.793. The summed E-state index contributed by atoms with van der Waals surface area (Å²) in [7, 11) is -3.52. The Morgan fingerprint density at radius 2 is 1.81 bits per heavy atom. The van der Waals surface area contributed by atoms with E-state index in [1.54, 1.807) is 21.9 Å². The first kappa shape index (κ1) is 19.1. The highest BCUT2D eigenvalue weighted by atomic mass is 32.2. The molecule has 0 atom stereocenters. The molecule has 0 aromatic heterocycles. The number of sulfonamides is 1. The molecule has 144 valence electrons. The lowest BCUT2D eigenvalue weighted by Crippen LogP contribution is -2.45. The molecule has 3 rings (SSSR count). The van der Waals surface area contributed by atoms with Crippen molar-refractivity contribution in [1.82, 2.24) is 14.1 Å². The van der Waals surface area contributed by atoms with Crippen molar-refractivity contribution in [3.8, 4) is 0 Å². The Labute approximate surface area is 155 Å². The fourth-order valence-corrected chi connectivity index (χ4v) is 4.95. The molecule has 0 spiro atoms. The van der Waals surface area contributed by atoms with Crippen molar-refractivity contribution in [3.63, 3.8) is 0 Å². The number of rotatable bonds is 4. The Morgan fingerprint density at radius 1 is 1.12 bits per heavy atom. The van der Waals surface area contributed by atoms with E-state index in [9.17, 15) is 13.2 Å². The standard InChI is InChI=1S/C18H27N3O4S/c1-3-19(4-2)18(22)20-8-7-15-5-6-17(13-16(15)14-20)26(23,24)21-9-11-25-12-10-21/h5-6,13H,3-4,7-12,14H2,1-2H3. The molecule has 0 N–H and O–H groups in total. The topological polar surface area (TPSA) is 70.2 Å². The molecule has 26 heavy (non-hydrogen) atoms. The van der Waals surface area contributed by atoms with Gasteiger partial charge in [0.05, 0.1) is 18.1 Å². The Hall–Kier alpha value is -1.64. The van der Waals surface area contributed by atoms with Gasteiger partial charge in [-0.2, -0.15) is 4.31 Å². The number of carbonyl (C=O) groups is 1. The van der Waals surface area contributed by atoms with Crippen molar-refractivity contribution in [3.05, 3.63) is 29.3 Å². The highest BCUT2D eigenvalue weighted by molar-refractivity contribution is 7.89. The van der Waals surface area contributed by atoms with Crippen LogP contribution in [0.5, 0.6) is 0 Å². The molecule has 2 amide bonds. The van der Waals surface area contributed by atoms with E-state index < -0.39 is 10.0 Å². The van der Waals surface area contributed by atoms with Crippen LogP contribution in [0.1, 0.15) is 25.0 Å². The van der Waals surface area contributed by atoms with Gasteiger partial charge in [0.2, 0.25) is 10.0 Å². The number of hydrogen-bond donors (Lipinski definition) is 0. The minimum absolute atomic E-state index is 0.0158. The maximum absolute atomic E-state index is 12.9. The average Bonchev–Trinajstić information content (AvgIpc) is 2.68. The van der Waals surface area contributed by atoms with Crippen LogP contribution in [0, 0.1) is 0 Å². The molecular formula is C18H27N3O4S. The molecule has 0 aliphatic carbocycles. The summed E-state index contributed by atoms with van der Waals surface area (Å²) in [6, 6.07) is 5.33. The molecule has 0 unspecified atom stereocenters. The molecule has 1 aromatic rings. The molecule has 2 aliphatic rings. The van der Waals surface area contributed by atoms with E-state index >= 15 is 0 Å². The fraction of sp³-hybridized carbons (Fsp3) is 0.611. The van der Waals surface area contributed by atoms with E-state index in [2.05, 4.69) is 0 Å². The second-order valence-corrected chi connectivity index (χ2v) is 8.51. The van der Waals surface area contributed by atoms with Gasteiger partial charge in [0.15, 0.2) is 0 Å². The summed E-state index contributed by atoms with van der Waals surface area (Å²) in [4.78, 5) is 16.5. The molecule has 0 bridgehead atoms. The molecule has 1 saturated heterocycles. The van der Waals surface area contributed by atoms with Crippen molar-refractivity contribution in [2.24, 2.45) is 0 Å². The van der Waals surface area contributed by atoms with Gasteiger partial charge in [-0.25, -0.2) is 13.2 Å². The summed E-state index contributed by atoms with van der Waals surface area (Å²) >= 11 is 0. The lowest BCUT2D eigenvalue weighted by atomic mass is 10.0. The summed E-state index contributed by atoms with van der Waals surface area (Å²) in [5, 5.41) is 0. The summed E-state index contributed by atoms with van der Waals surface area (Å²) in [5.74, 6) is 0. The van der Waals surface area contributed by atoms with Crippen LogP contribution in [0.3, 0.4) is 0 Å². The first-order valence-corrected chi connectivity index (χ1v) is 10.6. The normalized spacial score (nSPS) is 18.5. The molecule has 2 aliphatic heterocycles. The van der Waals surface area contributed by atoms with E-state index in [1.807, 2.05) is 19.9 Å². The Balaban J connectivity index is 1.82. The van der Waals surface area contributed by atoms with E-state index in [0.717, 1.165) is 17.5 Å². The zero-order chi connectivity index (χ0) is 18.7. The SMILES string of the molecule is CCN(CC)C(=O)N1CCc2ccc(S(=O)(=O)N3CCOCC3)cc2C1. The maximum atomic E-state index is 12.9. The molecule has 7 nitrogen and oxygen atoms in total. The van der Waals surface area contributed by atoms with E-state index in [4.69, 9.17) is 4.74 Å². The first-order chi connectivity index (χ1) is 12.5. The van der Waals surface area contributed by atoms with Crippen LogP contribution >= 0.6 is 0 Å². The second-order valence-electron chi connectivity index (χ2n) is 6.57. The monoisotopic (exact) mass is 381 g/mol. The van der Waals surface area contributed by atoms with Crippen molar-refractivity contribution < 1.29 is 17.9 Å². The zero-order valence-corrected chi connectivity index (χ0v) is 16.3. The van der Waals surface area contributed by atoms with Crippen molar-refractivity contribution >= 4 is 16.1 Å². The van der Waals surface area contributed by atoms with Gasteiger partial charge in [0.25, 0.3) is 0 Å². The second kappa shape index (κ2) is 7.94. The number of urea groups is 1. The lowest BCUT2D eigenvalue weighted by Gasteiger charge is -2.33. The molecule has 0 saturated carbocycles. The summed E-state index contributed by atoms with van der Waals surface area (Å²) < 4.78 is 32.5. The van der Waals surface area contributed by atoms with Gasteiger partial charge < -0.3 is 14.5 Å². The maximum Gasteiger partial charge on any atom is 0.320 e. The number of amides is 2. The predicted molar refractivity (Wildman–Crippen MR) is 98.5 cm³/mol. The molecule has 0 radical (unpaired) electrons. The third-order valence-electron chi connectivity index (χ3n) is 5.10. The Kier molecular flexibility index (Phi) is 5.84. The summed E-state index contributed by atoms with van der Waals surface area (Å²) in [6.07, 6.45) is 0.750. The number of benzene rings is 1. The van der Waals surface area contributed by atoms with Crippen LogP contribution in [0.15, 0.2) is 23.1 Å². The number of fused-ring (bicyclic) bond motifs is 1. The fourth-order valence-electron chi connectivity index (χ4n) is 3.49. The van der Waals surface area contributed by atoms with Gasteiger partial charge in [0, 0.05) is 39.3 Å². The molecule has 8 heteroatoms. The smallest absolute Gasteiger partial charge is 0.320 e. The highest BCUT2D eigenvalue weighted by Crippen LogP contribution is 2.25. The summed E-state index contributed by atoms with van der Waals surface area (Å²) in [5.41, 5.74) is 2.04. The van der Waals surface area contributed by atoms with Crippen LogP contribution in [-0.4, -0.2) is 74.5 Å². The van der Waals surface area contributed by atoms with Gasteiger partial charge in [-0.1, -0.05) is 6.07 Å². The van der Waals surface area contributed by atoms with Crippen LogP contribution < -0.4 is 0 Å². The van der Waals surface area contributed by atoms with E-state index in [-0.39, 0.29) is 6.03 Å². The number of morpholine rings is 1. The van der Waals surface area contributed by atoms with Gasteiger partial charge in [0.1, 0.15) is 0 Å². The minimum Gasteiger partial charge on any atom is -0.379 e. The molecule has 2 heterocycles. The average molecular weight is 381 g/mol. The van der Waals surface area contributed by atoms with Crippen molar-refractivity contribution in [1.29, 1.82) is 0 Å². The minimum atomic E-state index is -3.52. The Bertz CT molecular complexity index is 756. The third kappa shape index (κ3) is 3.72. The van der Waals surface area contributed by atoms with Gasteiger partial charge >= 0.3 is 6.03 Å². The number of nitrogens with zero attached hydrogens (tertiary/aromatic N) is 3. The number of carbonyl (C=O) groups excluding carboxylic acids is 1. The molecular weight excluding hydrogens is 354 g/mol. The number of ether oxygens (including phenoxy) is 1. The van der Waals surface area contributed by atoms with Crippen molar-refractivity contribution in [2.75, 3.05) is 45.9 Å². The van der Waals surface area contributed by atoms with Gasteiger partial charge in [-0.15, -0.1) is 0 Å². The van der Waals surface area contributed by atoms with E-state index in [1.165, 1.54) is 4.31 Å². The van der Waals surface area contributed by atoms with Crippen LogP contribution in [0.4, 0.5) is 4.79 Å². The molecule has 1 aromatic carbocycles. The van der Waals surface area contributed by atoms with E-state index in [0.29, 0.717) is 57.4 Å². The highest BCUT2D eigenvalue weighted by Gasteiger charge is 2.29. The van der Waals surface area contributed by atoms with Crippen LogP contribution in [-0.2, 0) is 27.7 Å². The molecule has 1 fully saturated rings. The van der Waals surface area contributed by atoms with Crippen LogP contribution in [0.2, 0.25) is 0 Å². The first-order valence-electron chi connectivity index (χ1n) is 9.21. The van der Waals surface area contributed by atoms with Gasteiger partial charge in [-0.3, -0.25) is 0 Å². The Morgan fingerprint density at radius 3 is 2.46 bits per heavy atom. The predicted octanol–water partition coefficient (Wildman–Crippen LogP) is 1.53. The van der Waals surface area contributed by atoms with Crippen LogP contribution in [0.25, 0.3) is 0 Å². The third-order valence-corrected chi connectivity index (χ3v) is 7.00.